The summed E-state index contributed by atoms with van der Waals surface area (Å²) in [5.41, 5.74) is -0.527. The number of ether oxygens (including phenoxy) is 1. The van der Waals surface area contributed by atoms with Crippen molar-refractivity contribution in [3.05, 3.63) is 0 Å². The Bertz CT molecular complexity index is 242. The van der Waals surface area contributed by atoms with Gasteiger partial charge in [-0.05, 0) is 27.2 Å². The lowest BCUT2D eigenvalue weighted by atomic mass is 10.1. The molecule has 0 aromatic rings. The minimum absolute atomic E-state index is 0.0864. The molecule has 15 heavy (non-hydrogen) atoms. The quantitative estimate of drug-likeness (QED) is 0.653. The van der Waals surface area contributed by atoms with E-state index in [0.29, 0.717) is 13.0 Å². The van der Waals surface area contributed by atoms with Crippen LogP contribution in [0.4, 0.5) is 9.18 Å². The van der Waals surface area contributed by atoms with Gasteiger partial charge in [-0.1, -0.05) is 0 Å². The van der Waals surface area contributed by atoms with Crippen LogP contribution in [-0.2, 0) is 4.74 Å². The number of carbonyl (C=O) groups is 1. The van der Waals surface area contributed by atoms with E-state index >= 15 is 0 Å². The van der Waals surface area contributed by atoms with Crippen LogP contribution in [0.3, 0.4) is 0 Å². The highest BCUT2D eigenvalue weighted by Crippen LogP contribution is 2.20. The van der Waals surface area contributed by atoms with Crippen molar-refractivity contribution in [3.63, 3.8) is 0 Å². The first kappa shape index (κ1) is 12.6. The molecule has 1 heterocycles. The molecule has 0 spiro atoms. The molecule has 0 aromatic carbocycles. The summed E-state index contributed by atoms with van der Waals surface area (Å²) >= 11 is 4.10. The molecule has 2 unspecified atom stereocenters. The first-order valence-corrected chi connectivity index (χ1v) is 5.61. The number of thiol groups is 1. The number of alkyl halides is 1. The lowest BCUT2D eigenvalue weighted by molar-refractivity contribution is 0.0147. The van der Waals surface area contributed by atoms with Crippen LogP contribution in [0.2, 0.25) is 0 Å². The van der Waals surface area contributed by atoms with Crippen LogP contribution in [-0.4, -0.2) is 41.1 Å². The molecule has 0 saturated carbocycles. The molecule has 1 amide bonds. The van der Waals surface area contributed by atoms with Gasteiger partial charge in [-0.3, -0.25) is 0 Å². The Labute approximate surface area is 95.4 Å². The third kappa shape index (κ3) is 3.89. The Kier molecular flexibility index (Phi) is 3.87. The predicted octanol–water partition coefficient (Wildman–Crippen LogP) is 2.26. The van der Waals surface area contributed by atoms with E-state index in [4.69, 9.17) is 4.74 Å². The molecule has 0 bridgehead atoms. The van der Waals surface area contributed by atoms with E-state index in [1.807, 2.05) is 0 Å². The SMILES string of the molecule is CC(C)(C)OC(=O)N1CCC(S)C(F)C1. The van der Waals surface area contributed by atoms with Crippen LogP contribution >= 0.6 is 12.6 Å². The van der Waals surface area contributed by atoms with Gasteiger partial charge in [0, 0.05) is 11.8 Å². The second-order valence-electron chi connectivity index (χ2n) is 4.80. The number of rotatable bonds is 0. The topological polar surface area (TPSA) is 29.5 Å². The third-order valence-corrected chi connectivity index (χ3v) is 2.74. The summed E-state index contributed by atoms with van der Waals surface area (Å²) in [6, 6.07) is 0. The van der Waals surface area contributed by atoms with Gasteiger partial charge in [0.25, 0.3) is 0 Å². The van der Waals surface area contributed by atoms with Gasteiger partial charge in [-0.2, -0.15) is 12.6 Å². The van der Waals surface area contributed by atoms with Gasteiger partial charge in [-0.15, -0.1) is 0 Å². The van der Waals surface area contributed by atoms with Crippen molar-refractivity contribution in [2.24, 2.45) is 0 Å². The van der Waals surface area contributed by atoms with Crippen molar-refractivity contribution in [2.45, 2.75) is 44.2 Å². The molecule has 88 valence electrons. The van der Waals surface area contributed by atoms with E-state index in [2.05, 4.69) is 12.6 Å². The second kappa shape index (κ2) is 4.60. The zero-order valence-corrected chi connectivity index (χ0v) is 10.3. The molecule has 1 fully saturated rings. The fourth-order valence-electron chi connectivity index (χ4n) is 1.38. The van der Waals surface area contributed by atoms with Gasteiger partial charge in [0.1, 0.15) is 11.8 Å². The molecule has 1 aliphatic heterocycles. The smallest absolute Gasteiger partial charge is 0.410 e. The summed E-state index contributed by atoms with van der Waals surface area (Å²) in [6.45, 7) is 5.99. The van der Waals surface area contributed by atoms with E-state index in [1.54, 1.807) is 20.8 Å². The van der Waals surface area contributed by atoms with Crippen LogP contribution in [0.25, 0.3) is 0 Å². The van der Waals surface area contributed by atoms with Crippen molar-refractivity contribution in [1.29, 1.82) is 0 Å². The summed E-state index contributed by atoms with van der Waals surface area (Å²) in [5.74, 6) is 0. The molecule has 5 heteroatoms. The van der Waals surface area contributed by atoms with Gasteiger partial charge in [0.2, 0.25) is 0 Å². The van der Waals surface area contributed by atoms with Crippen LogP contribution in [0, 0.1) is 0 Å². The molecular weight excluding hydrogens is 217 g/mol. The Morgan fingerprint density at radius 3 is 2.60 bits per heavy atom. The Hall–Kier alpha value is -0.450. The maximum atomic E-state index is 13.3. The first-order valence-electron chi connectivity index (χ1n) is 5.09. The molecule has 0 aromatic heterocycles. The number of halogens is 1. The molecule has 0 radical (unpaired) electrons. The van der Waals surface area contributed by atoms with Crippen LogP contribution in [0.1, 0.15) is 27.2 Å². The van der Waals surface area contributed by atoms with Crippen LogP contribution in [0.5, 0.6) is 0 Å². The largest absolute Gasteiger partial charge is 0.444 e. The number of carbonyl (C=O) groups excluding carboxylic acids is 1. The summed E-state index contributed by atoms with van der Waals surface area (Å²) in [4.78, 5) is 13.0. The fraction of sp³-hybridized carbons (Fsp3) is 0.900. The zero-order valence-electron chi connectivity index (χ0n) is 9.36. The zero-order chi connectivity index (χ0) is 11.6. The number of likely N-dealkylation sites (tertiary alicyclic amines) is 1. The van der Waals surface area contributed by atoms with E-state index in [-0.39, 0.29) is 11.8 Å². The summed E-state index contributed by atoms with van der Waals surface area (Å²) in [6.07, 6.45) is -0.927. The van der Waals surface area contributed by atoms with E-state index in [9.17, 15) is 9.18 Å². The second-order valence-corrected chi connectivity index (χ2v) is 5.46. The first-order chi connectivity index (χ1) is 6.79. The molecule has 1 saturated heterocycles. The monoisotopic (exact) mass is 235 g/mol. The van der Waals surface area contributed by atoms with E-state index in [0.717, 1.165) is 0 Å². The van der Waals surface area contributed by atoms with Crippen molar-refractivity contribution in [2.75, 3.05) is 13.1 Å². The number of hydrogen-bond donors (Lipinski definition) is 1. The minimum atomic E-state index is -1.06. The van der Waals surface area contributed by atoms with Gasteiger partial charge >= 0.3 is 6.09 Å². The summed E-state index contributed by atoms with van der Waals surface area (Å²) < 4.78 is 18.5. The van der Waals surface area contributed by atoms with Gasteiger partial charge in [-0.25, -0.2) is 9.18 Å². The normalized spacial score (nSPS) is 27.7. The van der Waals surface area contributed by atoms with Crippen molar-refractivity contribution in [1.82, 2.24) is 4.90 Å². The van der Waals surface area contributed by atoms with Crippen LogP contribution < -0.4 is 0 Å². The van der Waals surface area contributed by atoms with Crippen molar-refractivity contribution < 1.29 is 13.9 Å². The highest BCUT2D eigenvalue weighted by atomic mass is 32.1. The molecule has 2 atom stereocenters. The Morgan fingerprint density at radius 2 is 2.13 bits per heavy atom. The van der Waals surface area contributed by atoms with Crippen LogP contribution in [0.15, 0.2) is 0 Å². The highest BCUT2D eigenvalue weighted by molar-refractivity contribution is 7.81. The maximum absolute atomic E-state index is 13.3. The van der Waals surface area contributed by atoms with Gasteiger partial charge in [0.15, 0.2) is 0 Å². The molecular formula is C10H18FNO2S. The average Bonchev–Trinajstić information content (AvgIpc) is 2.06. The van der Waals surface area contributed by atoms with Gasteiger partial charge in [0.05, 0.1) is 6.54 Å². The number of nitrogens with zero attached hydrogens (tertiary/aromatic N) is 1. The molecule has 1 rings (SSSR count). The lowest BCUT2D eigenvalue weighted by Gasteiger charge is -2.33. The maximum Gasteiger partial charge on any atom is 0.410 e. The lowest BCUT2D eigenvalue weighted by Crippen LogP contribution is -2.47. The van der Waals surface area contributed by atoms with E-state index < -0.39 is 17.9 Å². The standard InChI is InChI=1S/C10H18FNO2S/c1-10(2,3)14-9(13)12-5-4-8(15)7(11)6-12/h7-8,15H,4-6H2,1-3H3. The van der Waals surface area contributed by atoms with Crippen molar-refractivity contribution in [3.8, 4) is 0 Å². The molecule has 3 nitrogen and oxygen atoms in total. The predicted molar refractivity (Wildman–Crippen MR) is 60.1 cm³/mol. The fourth-order valence-corrected chi connectivity index (χ4v) is 1.59. The summed E-state index contributed by atoms with van der Waals surface area (Å²) in [5, 5.41) is -0.260. The molecule has 0 N–H and O–H groups in total. The number of amides is 1. The number of piperidine rings is 1. The summed E-state index contributed by atoms with van der Waals surface area (Å²) in [7, 11) is 0. The molecule has 1 aliphatic rings. The molecule has 0 aliphatic carbocycles. The minimum Gasteiger partial charge on any atom is -0.444 e. The van der Waals surface area contributed by atoms with Crippen molar-refractivity contribution >= 4 is 18.7 Å². The Morgan fingerprint density at radius 1 is 1.53 bits per heavy atom. The van der Waals surface area contributed by atoms with Gasteiger partial charge < -0.3 is 9.64 Å². The average molecular weight is 235 g/mol. The highest BCUT2D eigenvalue weighted by Gasteiger charge is 2.31. The Balaban J connectivity index is 2.48. The number of hydrogen-bond acceptors (Lipinski definition) is 3. The third-order valence-electron chi connectivity index (χ3n) is 2.16. The van der Waals surface area contributed by atoms with E-state index in [1.165, 1.54) is 4.90 Å².